The van der Waals surface area contributed by atoms with Crippen LogP contribution in [0.1, 0.15) is 26.2 Å². The van der Waals surface area contributed by atoms with Crippen molar-refractivity contribution >= 4 is 35.2 Å². The zero-order valence-electron chi connectivity index (χ0n) is 14.2. The number of amides is 2. The zero-order chi connectivity index (χ0) is 17.8. The van der Waals surface area contributed by atoms with Gasteiger partial charge in [0.25, 0.3) is 5.91 Å². The lowest BCUT2D eigenvalue weighted by Gasteiger charge is -2.30. The van der Waals surface area contributed by atoms with E-state index in [-0.39, 0.29) is 24.8 Å². The second kappa shape index (κ2) is 7.91. The summed E-state index contributed by atoms with van der Waals surface area (Å²) in [6, 6.07) is 7.46. The summed E-state index contributed by atoms with van der Waals surface area (Å²) in [7, 11) is 0. The van der Waals surface area contributed by atoms with Crippen molar-refractivity contribution in [2.24, 2.45) is 5.92 Å². The summed E-state index contributed by atoms with van der Waals surface area (Å²) < 4.78 is 5.11. The van der Waals surface area contributed by atoms with Crippen LogP contribution < -0.4 is 5.32 Å². The molecule has 2 aliphatic rings. The quantitative estimate of drug-likeness (QED) is 0.832. The largest absolute Gasteiger partial charge is 0.456 e. The zero-order valence-corrected chi connectivity index (χ0v) is 15.0. The van der Waals surface area contributed by atoms with E-state index in [2.05, 4.69) is 12.2 Å². The number of nitrogens with zero attached hydrogens (tertiary/aromatic N) is 1. The summed E-state index contributed by atoms with van der Waals surface area (Å²) in [4.78, 5) is 38.9. The van der Waals surface area contributed by atoms with Crippen molar-refractivity contribution in [3.8, 4) is 0 Å². The summed E-state index contributed by atoms with van der Waals surface area (Å²) in [6.45, 7) is 3.30. The topological polar surface area (TPSA) is 75.7 Å². The molecule has 6 nitrogen and oxygen atoms in total. The normalized spacial score (nSPS) is 22.8. The highest BCUT2D eigenvalue weighted by Gasteiger charge is 2.30. The van der Waals surface area contributed by atoms with E-state index in [0.29, 0.717) is 12.5 Å². The van der Waals surface area contributed by atoms with Gasteiger partial charge in [-0.1, -0.05) is 19.1 Å². The molecular formula is C18H22N2O4S. The number of fused-ring (bicyclic) bond motifs is 1. The number of carbonyl (C=O) groups excluding carboxylic acids is 3. The molecule has 2 atom stereocenters. The molecule has 134 valence electrons. The summed E-state index contributed by atoms with van der Waals surface area (Å²) in [5.74, 6) is -0.413. The molecule has 0 bridgehead atoms. The second-order valence-electron chi connectivity index (χ2n) is 6.54. The number of esters is 1. The summed E-state index contributed by atoms with van der Waals surface area (Å²) in [5, 5.41) is 2.26. The minimum Gasteiger partial charge on any atom is -0.456 e. The van der Waals surface area contributed by atoms with Gasteiger partial charge in [-0.05, 0) is 30.9 Å². The number of ether oxygens (including phenoxy) is 1. The molecule has 0 aromatic heterocycles. The lowest BCUT2D eigenvalue weighted by molar-refractivity contribution is -0.153. The number of likely N-dealkylation sites (tertiary alicyclic amines) is 1. The van der Waals surface area contributed by atoms with Crippen LogP contribution in [0.15, 0.2) is 29.2 Å². The molecule has 2 aliphatic heterocycles. The Hall–Kier alpha value is -2.02. The van der Waals surface area contributed by atoms with E-state index < -0.39 is 11.2 Å². The van der Waals surface area contributed by atoms with E-state index in [1.807, 2.05) is 24.3 Å². The molecule has 0 aliphatic carbocycles. The van der Waals surface area contributed by atoms with Gasteiger partial charge in [0.2, 0.25) is 5.91 Å². The Morgan fingerprint density at radius 3 is 2.96 bits per heavy atom. The van der Waals surface area contributed by atoms with E-state index in [1.54, 1.807) is 4.90 Å². The van der Waals surface area contributed by atoms with Gasteiger partial charge < -0.3 is 15.0 Å². The number of para-hydroxylation sites is 1. The number of rotatable bonds is 4. The van der Waals surface area contributed by atoms with Gasteiger partial charge in [-0.3, -0.25) is 14.4 Å². The molecule has 1 saturated heterocycles. The number of anilines is 1. The van der Waals surface area contributed by atoms with E-state index in [9.17, 15) is 14.4 Å². The molecule has 1 aromatic rings. The first kappa shape index (κ1) is 17.8. The van der Waals surface area contributed by atoms with Crippen molar-refractivity contribution < 1.29 is 19.1 Å². The number of piperidine rings is 1. The molecule has 25 heavy (non-hydrogen) atoms. The van der Waals surface area contributed by atoms with Gasteiger partial charge in [0.1, 0.15) is 0 Å². The number of benzene rings is 1. The average molecular weight is 362 g/mol. The first-order valence-electron chi connectivity index (χ1n) is 8.53. The third-order valence-corrected chi connectivity index (χ3v) is 5.70. The standard InChI is InChI=1S/C18H22N2O4S/c1-12-5-4-8-20(10-12)16(21)11-24-17(22)9-15-18(23)19-13-6-2-3-7-14(13)25-15/h2-3,6-7,12,15H,4-5,8-11H2,1H3,(H,19,23)/t12-,15+/m0/s1. The first-order valence-corrected chi connectivity index (χ1v) is 9.41. The molecule has 0 spiro atoms. The minimum atomic E-state index is -0.535. The van der Waals surface area contributed by atoms with Crippen molar-refractivity contribution in [1.29, 1.82) is 0 Å². The van der Waals surface area contributed by atoms with E-state index >= 15 is 0 Å². The van der Waals surface area contributed by atoms with Gasteiger partial charge in [-0.2, -0.15) is 0 Å². The van der Waals surface area contributed by atoms with Crippen LogP contribution in [0, 0.1) is 5.92 Å². The summed E-state index contributed by atoms with van der Waals surface area (Å²) in [6.07, 6.45) is 2.06. The molecule has 3 rings (SSSR count). The summed E-state index contributed by atoms with van der Waals surface area (Å²) in [5.41, 5.74) is 0.761. The molecule has 0 radical (unpaired) electrons. The maximum absolute atomic E-state index is 12.1. The fraction of sp³-hybridized carbons (Fsp3) is 0.500. The molecular weight excluding hydrogens is 340 g/mol. The molecule has 1 aromatic carbocycles. The Balaban J connectivity index is 1.48. The SMILES string of the molecule is C[C@H]1CCCN(C(=O)COC(=O)C[C@H]2Sc3ccccc3NC2=O)C1. The molecule has 2 heterocycles. The van der Waals surface area contributed by atoms with Gasteiger partial charge in [-0.25, -0.2) is 0 Å². The maximum atomic E-state index is 12.1. The van der Waals surface area contributed by atoms with Crippen molar-refractivity contribution in [3.63, 3.8) is 0 Å². The lowest BCUT2D eigenvalue weighted by atomic mass is 10.0. The van der Waals surface area contributed by atoms with Crippen LogP contribution in [-0.2, 0) is 19.1 Å². The van der Waals surface area contributed by atoms with E-state index in [0.717, 1.165) is 30.0 Å². The van der Waals surface area contributed by atoms with Crippen molar-refractivity contribution in [3.05, 3.63) is 24.3 Å². The van der Waals surface area contributed by atoms with Crippen LogP contribution in [0.25, 0.3) is 0 Å². The summed E-state index contributed by atoms with van der Waals surface area (Å²) >= 11 is 1.35. The highest BCUT2D eigenvalue weighted by molar-refractivity contribution is 8.01. The smallest absolute Gasteiger partial charge is 0.307 e. The Morgan fingerprint density at radius 1 is 1.36 bits per heavy atom. The molecule has 1 fully saturated rings. The molecule has 0 unspecified atom stereocenters. The maximum Gasteiger partial charge on any atom is 0.307 e. The third-order valence-electron chi connectivity index (χ3n) is 4.43. The van der Waals surface area contributed by atoms with Crippen LogP contribution in [-0.4, -0.2) is 47.6 Å². The Bertz CT molecular complexity index is 679. The van der Waals surface area contributed by atoms with Crippen molar-refractivity contribution in [2.45, 2.75) is 36.3 Å². The molecule has 0 saturated carbocycles. The van der Waals surface area contributed by atoms with Crippen LogP contribution in [0.5, 0.6) is 0 Å². The van der Waals surface area contributed by atoms with Crippen molar-refractivity contribution in [1.82, 2.24) is 4.90 Å². The molecule has 7 heteroatoms. The highest BCUT2D eigenvalue weighted by Crippen LogP contribution is 2.36. The van der Waals surface area contributed by atoms with E-state index in [1.165, 1.54) is 11.8 Å². The number of hydrogen-bond acceptors (Lipinski definition) is 5. The highest BCUT2D eigenvalue weighted by atomic mass is 32.2. The minimum absolute atomic E-state index is 0.0471. The Labute approximate surface area is 151 Å². The number of carbonyl (C=O) groups is 3. The van der Waals surface area contributed by atoms with Crippen molar-refractivity contribution in [2.75, 3.05) is 25.0 Å². The Kier molecular flexibility index (Phi) is 5.63. The van der Waals surface area contributed by atoms with Gasteiger partial charge in [0.05, 0.1) is 17.4 Å². The Morgan fingerprint density at radius 2 is 2.16 bits per heavy atom. The first-order chi connectivity index (χ1) is 12.0. The van der Waals surface area contributed by atoms with Crippen LogP contribution >= 0.6 is 11.8 Å². The molecule has 1 N–H and O–H groups in total. The van der Waals surface area contributed by atoms with Crippen LogP contribution in [0.3, 0.4) is 0 Å². The number of hydrogen-bond donors (Lipinski definition) is 1. The van der Waals surface area contributed by atoms with Gasteiger partial charge in [0, 0.05) is 18.0 Å². The number of nitrogens with one attached hydrogen (secondary N) is 1. The third kappa shape index (κ3) is 4.54. The lowest BCUT2D eigenvalue weighted by Crippen LogP contribution is -2.41. The number of thioether (sulfide) groups is 1. The van der Waals surface area contributed by atoms with Gasteiger partial charge in [-0.15, -0.1) is 11.8 Å². The monoisotopic (exact) mass is 362 g/mol. The second-order valence-corrected chi connectivity index (χ2v) is 7.79. The average Bonchev–Trinajstić information content (AvgIpc) is 2.60. The molecule has 2 amide bonds. The predicted molar refractivity (Wildman–Crippen MR) is 95.3 cm³/mol. The fourth-order valence-corrected chi connectivity index (χ4v) is 4.18. The van der Waals surface area contributed by atoms with Gasteiger partial charge in [0.15, 0.2) is 6.61 Å². The van der Waals surface area contributed by atoms with Crippen LogP contribution in [0.2, 0.25) is 0 Å². The van der Waals surface area contributed by atoms with Gasteiger partial charge >= 0.3 is 5.97 Å². The predicted octanol–water partition coefficient (Wildman–Crippen LogP) is 2.29. The van der Waals surface area contributed by atoms with E-state index in [4.69, 9.17) is 4.74 Å². The van der Waals surface area contributed by atoms with Crippen LogP contribution in [0.4, 0.5) is 5.69 Å². The fourth-order valence-electron chi connectivity index (χ4n) is 3.09.